The molecular formula is C13H24N2O6S2. The van der Waals surface area contributed by atoms with Crippen LogP contribution < -0.4 is 10.0 Å². The number of ether oxygens (including phenoxy) is 1. The van der Waals surface area contributed by atoms with E-state index < -0.39 is 34.0 Å². The highest BCUT2D eigenvalue weighted by molar-refractivity contribution is 7.99. The number of carboxylic acids is 1. The van der Waals surface area contributed by atoms with E-state index in [2.05, 4.69) is 10.0 Å². The highest BCUT2D eigenvalue weighted by Gasteiger charge is 2.41. The SMILES string of the molecule is CC(C)OCCS(=O)(=O)NCC(=O)NC1(C(=O)O)CCSCC1. The smallest absolute Gasteiger partial charge is 0.329 e. The molecule has 0 radical (unpaired) electrons. The van der Waals surface area contributed by atoms with Crippen molar-refractivity contribution in [1.82, 2.24) is 10.0 Å². The lowest BCUT2D eigenvalue weighted by Gasteiger charge is -2.33. The molecule has 0 aliphatic carbocycles. The number of carboxylic acid groups (broad SMARTS) is 1. The molecule has 1 aliphatic heterocycles. The van der Waals surface area contributed by atoms with Crippen LogP contribution >= 0.6 is 11.8 Å². The first-order valence-corrected chi connectivity index (χ1v) is 10.2. The Kier molecular flexibility index (Phi) is 7.78. The second-order valence-electron chi connectivity index (χ2n) is 5.61. The number of carbonyl (C=O) groups is 2. The molecule has 0 aromatic heterocycles. The lowest BCUT2D eigenvalue weighted by molar-refractivity contribution is -0.147. The highest BCUT2D eigenvalue weighted by atomic mass is 32.2. The molecule has 0 unspecified atom stereocenters. The van der Waals surface area contributed by atoms with Crippen LogP contribution in [0.2, 0.25) is 0 Å². The number of amides is 1. The molecule has 0 spiro atoms. The Morgan fingerprint density at radius 3 is 2.43 bits per heavy atom. The van der Waals surface area contributed by atoms with Crippen LogP contribution in [0.3, 0.4) is 0 Å². The fraction of sp³-hybridized carbons (Fsp3) is 0.846. The number of sulfonamides is 1. The van der Waals surface area contributed by atoms with Gasteiger partial charge in [-0.05, 0) is 38.2 Å². The zero-order valence-corrected chi connectivity index (χ0v) is 15.0. The van der Waals surface area contributed by atoms with Crippen LogP contribution in [-0.2, 0) is 24.3 Å². The average Bonchev–Trinajstić information content (AvgIpc) is 2.45. The zero-order valence-electron chi connectivity index (χ0n) is 13.3. The highest BCUT2D eigenvalue weighted by Crippen LogP contribution is 2.27. The van der Waals surface area contributed by atoms with Crippen molar-refractivity contribution in [3.63, 3.8) is 0 Å². The Balaban J connectivity index is 2.47. The average molecular weight is 368 g/mol. The van der Waals surface area contributed by atoms with Gasteiger partial charge in [0.1, 0.15) is 5.54 Å². The van der Waals surface area contributed by atoms with Gasteiger partial charge in [0, 0.05) is 0 Å². The molecule has 8 nitrogen and oxygen atoms in total. The van der Waals surface area contributed by atoms with Crippen molar-refractivity contribution >= 4 is 33.7 Å². The standard InChI is InChI=1S/C13H24N2O6S2/c1-10(2)21-5-8-23(19,20)14-9-11(16)15-13(12(17)18)3-6-22-7-4-13/h10,14H,3-9H2,1-2H3,(H,15,16)(H,17,18). The maximum absolute atomic E-state index is 11.9. The van der Waals surface area contributed by atoms with Crippen molar-refractivity contribution in [3.8, 4) is 0 Å². The molecule has 1 aliphatic rings. The topological polar surface area (TPSA) is 122 Å². The van der Waals surface area contributed by atoms with Crippen molar-refractivity contribution < 1.29 is 27.9 Å². The van der Waals surface area contributed by atoms with Crippen LogP contribution in [-0.4, -0.2) is 67.5 Å². The summed E-state index contributed by atoms with van der Waals surface area (Å²) in [6.07, 6.45) is 0.578. The summed E-state index contributed by atoms with van der Waals surface area (Å²) in [4.78, 5) is 23.3. The molecule has 1 fully saturated rings. The fourth-order valence-electron chi connectivity index (χ4n) is 2.06. The maximum Gasteiger partial charge on any atom is 0.329 e. The Morgan fingerprint density at radius 1 is 1.30 bits per heavy atom. The van der Waals surface area contributed by atoms with Crippen LogP contribution in [0.15, 0.2) is 0 Å². The van der Waals surface area contributed by atoms with Crippen LogP contribution in [0.25, 0.3) is 0 Å². The number of thioether (sulfide) groups is 1. The van der Waals surface area contributed by atoms with Crippen molar-refractivity contribution in [2.24, 2.45) is 0 Å². The van der Waals surface area contributed by atoms with E-state index >= 15 is 0 Å². The third-order valence-electron chi connectivity index (χ3n) is 3.39. The van der Waals surface area contributed by atoms with Crippen LogP contribution in [0.4, 0.5) is 0 Å². The Bertz CT molecular complexity index is 515. The Morgan fingerprint density at radius 2 is 1.91 bits per heavy atom. The molecule has 10 heteroatoms. The first kappa shape index (κ1) is 20.2. The van der Waals surface area contributed by atoms with Gasteiger partial charge in [0.2, 0.25) is 15.9 Å². The first-order valence-electron chi connectivity index (χ1n) is 7.38. The molecule has 0 atom stereocenters. The van der Waals surface area contributed by atoms with E-state index in [0.29, 0.717) is 24.3 Å². The van der Waals surface area contributed by atoms with Gasteiger partial charge in [0.25, 0.3) is 0 Å². The Labute approximate surface area is 140 Å². The number of hydrogen-bond acceptors (Lipinski definition) is 6. The minimum atomic E-state index is -3.64. The van der Waals surface area contributed by atoms with Crippen molar-refractivity contribution in [1.29, 1.82) is 0 Å². The van der Waals surface area contributed by atoms with Gasteiger partial charge in [-0.1, -0.05) is 0 Å². The molecule has 0 aromatic rings. The van der Waals surface area contributed by atoms with E-state index in [1.807, 2.05) is 0 Å². The third kappa shape index (κ3) is 7.06. The van der Waals surface area contributed by atoms with E-state index in [-0.39, 0.29) is 18.5 Å². The first-order chi connectivity index (χ1) is 10.7. The van der Waals surface area contributed by atoms with Crippen LogP contribution in [0.5, 0.6) is 0 Å². The van der Waals surface area contributed by atoms with E-state index in [4.69, 9.17) is 4.74 Å². The summed E-state index contributed by atoms with van der Waals surface area (Å²) in [5, 5.41) is 11.8. The quantitative estimate of drug-likeness (QED) is 0.515. The molecule has 3 N–H and O–H groups in total. The molecule has 1 amide bonds. The molecular weight excluding hydrogens is 344 g/mol. The second-order valence-corrected chi connectivity index (χ2v) is 8.76. The number of hydrogen-bond donors (Lipinski definition) is 3. The summed E-state index contributed by atoms with van der Waals surface area (Å²) in [7, 11) is -3.64. The number of aliphatic carboxylic acids is 1. The summed E-state index contributed by atoms with van der Waals surface area (Å²) in [5.74, 6) is -0.693. The fourth-order valence-corrected chi connectivity index (χ4v) is 4.07. The van der Waals surface area contributed by atoms with E-state index in [1.54, 1.807) is 25.6 Å². The third-order valence-corrected chi connectivity index (χ3v) is 5.66. The lowest BCUT2D eigenvalue weighted by atomic mass is 9.92. The molecule has 1 saturated heterocycles. The second kappa shape index (κ2) is 8.86. The van der Waals surface area contributed by atoms with E-state index in [9.17, 15) is 23.1 Å². The van der Waals surface area contributed by atoms with E-state index in [1.165, 1.54) is 0 Å². The van der Waals surface area contributed by atoms with Crippen molar-refractivity contribution in [3.05, 3.63) is 0 Å². The summed E-state index contributed by atoms with van der Waals surface area (Å²) in [6.45, 7) is 3.14. The van der Waals surface area contributed by atoms with Gasteiger partial charge in [-0.2, -0.15) is 11.8 Å². The van der Waals surface area contributed by atoms with Gasteiger partial charge >= 0.3 is 5.97 Å². The molecule has 1 rings (SSSR count). The normalized spacial score (nSPS) is 17.9. The van der Waals surface area contributed by atoms with E-state index in [0.717, 1.165) is 0 Å². The van der Waals surface area contributed by atoms with Crippen molar-refractivity contribution in [2.75, 3.05) is 30.4 Å². The maximum atomic E-state index is 11.9. The summed E-state index contributed by atoms with van der Waals surface area (Å²) in [5.41, 5.74) is -1.30. The molecule has 0 saturated carbocycles. The molecule has 23 heavy (non-hydrogen) atoms. The van der Waals surface area contributed by atoms with Gasteiger partial charge < -0.3 is 15.2 Å². The molecule has 134 valence electrons. The number of carbonyl (C=O) groups excluding carboxylic acids is 1. The molecule has 0 aromatic carbocycles. The largest absolute Gasteiger partial charge is 0.480 e. The Hall–Kier alpha value is -0.840. The van der Waals surface area contributed by atoms with Gasteiger partial charge in [-0.3, -0.25) is 4.79 Å². The summed E-state index contributed by atoms with van der Waals surface area (Å²) in [6, 6.07) is 0. The molecule has 1 heterocycles. The minimum Gasteiger partial charge on any atom is -0.480 e. The van der Waals surface area contributed by atoms with Crippen LogP contribution in [0.1, 0.15) is 26.7 Å². The minimum absolute atomic E-state index is 0.0326. The number of rotatable bonds is 9. The van der Waals surface area contributed by atoms with Gasteiger partial charge in [-0.25, -0.2) is 17.9 Å². The summed E-state index contributed by atoms with van der Waals surface area (Å²) < 4.78 is 30.8. The van der Waals surface area contributed by atoms with Gasteiger partial charge in [0.15, 0.2) is 0 Å². The van der Waals surface area contributed by atoms with Crippen LogP contribution in [0, 0.1) is 0 Å². The predicted octanol–water partition coefficient (Wildman–Crippen LogP) is -0.203. The monoisotopic (exact) mass is 368 g/mol. The number of nitrogens with one attached hydrogen (secondary N) is 2. The van der Waals surface area contributed by atoms with Gasteiger partial charge in [0.05, 0.1) is 25.0 Å². The molecule has 0 bridgehead atoms. The lowest BCUT2D eigenvalue weighted by Crippen LogP contribution is -2.58. The predicted molar refractivity (Wildman–Crippen MR) is 87.9 cm³/mol. The van der Waals surface area contributed by atoms with Crippen molar-refractivity contribution in [2.45, 2.75) is 38.3 Å². The van der Waals surface area contributed by atoms with Gasteiger partial charge in [-0.15, -0.1) is 0 Å². The zero-order chi connectivity index (χ0) is 17.5. The summed E-state index contributed by atoms with van der Waals surface area (Å²) >= 11 is 1.63.